The van der Waals surface area contributed by atoms with Crippen LogP contribution in [-0.4, -0.2) is 54.5 Å². The van der Waals surface area contributed by atoms with Gasteiger partial charge in [0, 0.05) is 44.1 Å². The molecule has 4 nitrogen and oxygen atoms in total. The SMILES string of the molecule is CCCNC(=O)C(C)N1CCN(Cc2cccs2)CC1. The molecule has 1 saturated heterocycles. The minimum atomic E-state index is -0.00885. The second-order valence-electron chi connectivity index (χ2n) is 5.36. The molecule has 0 bridgehead atoms. The van der Waals surface area contributed by atoms with Crippen LogP contribution in [0.4, 0.5) is 0 Å². The van der Waals surface area contributed by atoms with E-state index in [9.17, 15) is 4.79 Å². The van der Waals surface area contributed by atoms with E-state index in [0.29, 0.717) is 0 Å². The van der Waals surface area contributed by atoms with Crippen molar-refractivity contribution in [2.45, 2.75) is 32.9 Å². The molecular formula is C15H25N3OS. The van der Waals surface area contributed by atoms with Crippen molar-refractivity contribution in [3.63, 3.8) is 0 Å². The smallest absolute Gasteiger partial charge is 0.237 e. The average Bonchev–Trinajstić information content (AvgIpc) is 2.97. The van der Waals surface area contributed by atoms with E-state index in [1.807, 2.05) is 18.3 Å². The summed E-state index contributed by atoms with van der Waals surface area (Å²) in [4.78, 5) is 18.2. The first-order valence-corrected chi connectivity index (χ1v) is 8.35. The largest absolute Gasteiger partial charge is 0.355 e. The summed E-state index contributed by atoms with van der Waals surface area (Å²) in [6.45, 7) is 9.96. The number of carbonyl (C=O) groups excluding carboxylic acids is 1. The number of hydrogen-bond acceptors (Lipinski definition) is 4. The van der Waals surface area contributed by atoms with Crippen LogP contribution in [0.2, 0.25) is 0 Å². The molecule has 0 radical (unpaired) electrons. The maximum absolute atomic E-state index is 12.0. The summed E-state index contributed by atoms with van der Waals surface area (Å²) < 4.78 is 0. The lowest BCUT2D eigenvalue weighted by molar-refractivity contribution is -0.126. The van der Waals surface area contributed by atoms with E-state index in [4.69, 9.17) is 0 Å². The van der Waals surface area contributed by atoms with Crippen molar-refractivity contribution in [3.8, 4) is 0 Å². The van der Waals surface area contributed by atoms with Gasteiger partial charge in [-0.05, 0) is 24.8 Å². The van der Waals surface area contributed by atoms with Gasteiger partial charge >= 0.3 is 0 Å². The molecular weight excluding hydrogens is 270 g/mol. The topological polar surface area (TPSA) is 35.6 Å². The molecule has 1 atom stereocenters. The van der Waals surface area contributed by atoms with Gasteiger partial charge in [0.15, 0.2) is 0 Å². The first-order chi connectivity index (χ1) is 9.70. The Bertz CT molecular complexity index is 399. The van der Waals surface area contributed by atoms with E-state index >= 15 is 0 Å². The summed E-state index contributed by atoms with van der Waals surface area (Å²) in [6, 6.07) is 4.29. The summed E-state index contributed by atoms with van der Waals surface area (Å²) in [5.74, 6) is 0.165. The lowest BCUT2D eigenvalue weighted by Crippen LogP contribution is -2.53. The van der Waals surface area contributed by atoms with Gasteiger partial charge in [0.2, 0.25) is 5.91 Å². The van der Waals surface area contributed by atoms with Crippen molar-refractivity contribution in [3.05, 3.63) is 22.4 Å². The molecule has 1 aromatic rings. The zero-order valence-corrected chi connectivity index (χ0v) is 13.3. The quantitative estimate of drug-likeness (QED) is 0.869. The van der Waals surface area contributed by atoms with Gasteiger partial charge in [0.25, 0.3) is 0 Å². The number of rotatable bonds is 6. The number of piperazine rings is 1. The molecule has 0 aliphatic carbocycles. The van der Waals surface area contributed by atoms with Crippen molar-refractivity contribution in [2.75, 3.05) is 32.7 Å². The van der Waals surface area contributed by atoms with Gasteiger partial charge < -0.3 is 5.32 Å². The fourth-order valence-electron chi connectivity index (χ4n) is 2.49. The Hall–Kier alpha value is -0.910. The third kappa shape index (κ3) is 4.30. The molecule has 1 aromatic heterocycles. The highest BCUT2D eigenvalue weighted by atomic mass is 32.1. The van der Waals surface area contributed by atoms with Gasteiger partial charge in [-0.1, -0.05) is 13.0 Å². The Labute approximate surface area is 125 Å². The van der Waals surface area contributed by atoms with Crippen LogP contribution < -0.4 is 5.32 Å². The first kappa shape index (κ1) is 15.5. The molecule has 20 heavy (non-hydrogen) atoms. The zero-order valence-electron chi connectivity index (χ0n) is 12.5. The summed E-state index contributed by atoms with van der Waals surface area (Å²) in [5, 5.41) is 5.12. The molecule has 1 aliphatic rings. The summed E-state index contributed by atoms with van der Waals surface area (Å²) in [5.41, 5.74) is 0. The van der Waals surface area contributed by atoms with Crippen molar-refractivity contribution >= 4 is 17.2 Å². The molecule has 0 spiro atoms. The highest BCUT2D eigenvalue weighted by Crippen LogP contribution is 2.14. The standard InChI is InChI=1S/C15H25N3OS/c1-3-6-16-15(19)13(2)18-9-7-17(8-10-18)12-14-5-4-11-20-14/h4-5,11,13H,3,6-10,12H2,1-2H3,(H,16,19). The van der Waals surface area contributed by atoms with E-state index in [2.05, 4.69) is 39.6 Å². The lowest BCUT2D eigenvalue weighted by atomic mass is 10.2. The Morgan fingerprint density at radius 2 is 2.15 bits per heavy atom. The fourth-order valence-corrected chi connectivity index (χ4v) is 3.24. The molecule has 1 fully saturated rings. The molecule has 1 aliphatic heterocycles. The van der Waals surface area contributed by atoms with Crippen LogP contribution in [0.3, 0.4) is 0 Å². The van der Waals surface area contributed by atoms with E-state index in [1.165, 1.54) is 4.88 Å². The van der Waals surface area contributed by atoms with E-state index in [0.717, 1.165) is 45.7 Å². The van der Waals surface area contributed by atoms with E-state index in [1.54, 1.807) is 0 Å². The highest BCUT2D eigenvalue weighted by Gasteiger charge is 2.25. The van der Waals surface area contributed by atoms with Gasteiger partial charge in [-0.25, -0.2) is 0 Å². The number of nitrogens with one attached hydrogen (secondary N) is 1. The normalized spacial score (nSPS) is 18.9. The molecule has 2 heterocycles. The van der Waals surface area contributed by atoms with Crippen molar-refractivity contribution in [1.29, 1.82) is 0 Å². The summed E-state index contributed by atoms with van der Waals surface area (Å²) in [7, 11) is 0. The third-order valence-corrected chi connectivity index (χ3v) is 4.70. The number of hydrogen-bond donors (Lipinski definition) is 1. The predicted molar refractivity (Wildman–Crippen MR) is 83.9 cm³/mol. The molecule has 112 valence electrons. The molecule has 1 unspecified atom stereocenters. The first-order valence-electron chi connectivity index (χ1n) is 7.47. The Balaban J connectivity index is 1.74. The minimum absolute atomic E-state index is 0.00885. The number of nitrogens with zero attached hydrogens (tertiary/aromatic N) is 2. The van der Waals surface area contributed by atoms with Gasteiger partial charge in [-0.15, -0.1) is 11.3 Å². The molecule has 0 saturated carbocycles. The van der Waals surface area contributed by atoms with Crippen LogP contribution in [0.1, 0.15) is 25.1 Å². The third-order valence-electron chi connectivity index (χ3n) is 3.84. The predicted octanol–water partition coefficient (Wildman–Crippen LogP) is 1.78. The number of carbonyl (C=O) groups is 1. The van der Waals surface area contributed by atoms with Crippen LogP contribution in [0.15, 0.2) is 17.5 Å². The Kier molecular flexibility index (Phi) is 6.01. The minimum Gasteiger partial charge on any atom is -0.355 e. The van der Waals surface area contributed by atoms with Crippen molar-refractivity contribution in [1.82, 2.24) is 15.1 Å². The lowest BCUT2D eigenvalue weighted by Gasteiger charge is -2.37. The highest BCUT2D eigenvalue weighted by molar-refractivity contribution is 7.09. The van der Waals surface area contributed by atoms with Gasteiger partial charge in [-0.3, -0.25) is 14.6 Å². The van der Waals surface area contributed by atoms with Crippen LogP contribution in [0.25, 0.3) is 0 Å². The monoisotopic (exact) mass is 295 g/mol. The second-order valence-corrected chi connectivity index (χ2v) is 6.39. The molecule has 1 amide bonds. The molecule has 2 rings (SSSR count). The maximum Gasteiger partial charge on any atom is 0.237 e. The maximum atomic E-state index is 12.0. The molecule has 0 aromatic carbocycles. The average molecular weight is 295 g/mol. The van der Waals surface area contributed by atoms with Crippen LogP contribution >= 0.6 is 11.3 Å². The van der Waals surface area contributed by atoms with Gasteiger partial charge in [0.05, 0.1) is 6.04 Å². The van der Waals surface area contributed by atoms with E-state index in [-0.39, 0.29) is 11.9 Å². The molecule has 5 heteroatoms. The number of thiophene rings is 1. The van der Waals surface area contributed by atoms with Crippen LogP contribution in [0, 0.1) is 0 Å². The number of amides is 1. The zero-order chi connectivity index (χ0) is 14.4. The second kappa shape index (κ2) is 7.76. The van der Waals surface area contributed by atoms with Crippen LogP contribution in [0.5, 0.6) is 0 Å². The van der Waals surface area contributed by atoms with Crippen LogP contribution in [-0.2, 0) is 11.3 Å². The van der Waals surface area contributed by atoms with Crippen molar-refractivity contribution < 1.29 is 4.79 Å². The Morgan fingerprint density at radius 1 is 1.40 bits per heavy atom. The van der Waals surface area contributed by atoms with E-state index < -0.39 is 0 Å². The van der Waals surface area contributed by atoms with Gasteiger partial charge in [0.1, 0.15) is 0 Å². The summed E-state index contributed by atoms with van der Waals surface area (Å²) in [6.07, 6.45) is 0.993. The fraction of sp³-hybridized carbons (Fsp3) is 0.667. The van der Waals surface area contributed by atoms with Crippen molar-refractivity contribution in [2.24, 2.45) is 0 Å². The molecule has 1 N–H and O–H groups in total. The summed E-state index contributed by atoms with van der Waals surface area (Å²) >= 11 is 1.82. The van der Waals surface area contributed by atoms with Gasteiger partial charge in [-0.2, -0.15) is 0 Å². The Morgan fingerprint density at radius 3 is 2.75 bits per heavy atom.